The maximum absolute atomic E-state index is 11.3. The van der Waals surface area contributed by atoms with Gasteiger partial charge in [0.25, 0.3) is 0 Å². The highest BCUT2D eigenvalue weighted by atomic mass is 32.2. The predicted molar refractivity (Wildman–Crippen MR) is 80.3 cm³/mol. The van der Waals surface area contributed by atoms with Crippen molar-refractivity contribution in [1.82, 2.24) is 15.2 Å². The number of H-pyrrole nitrogens is 1. The summed E-state index contributed by atoms with van der Waals surface area (Å²) < 4.78 is 10.4. The van der Waals surface area contributed by atoms with Gasteiger partial charge in [0.2, 0.25) is 5.16 Å². The van der Waals surface area contributed by atoms with Gasteiger partial charge in [-0.2, -0.15) is 0 Å². The van der Waals surface area contributed by atoms with Crippen LogP contribution in [0.5, 0.6) is 5.75 Å². The molecule has 0 aliphatic heterocycles. The topological polar surface area (TPSA) is 77.1 Å². The Morgan fingerprint density at radius 3 is 2.86 bits per heavy atom. The molecule has 7 heteroatoms. The molecule has 0 atom stereocenters. The maximum atomic E-state index is 11.3. The Balaban J connectivity index is 2.07. The summed E-state index contributed by atoms with van der Waals surface area (Å²) in [6, 6.07) is 7.60. The zero-order valence-electron chi connectivity index (χ0n) is 12.0. The molecule has 1 aromatic heterocycles. The number of carbonyl (C=O) groups is 1. The summed E-state index contributed by atoms with van der Waals surface area (Å²) in [6.45, 7) is 4.66. The number of aromatic nitrogens is 3. The van der Waals surface area contributed by atoms with E-state index in [9.17, 15) is 4.79 Å². The summed E-state index contributed by atoms with van der Waals surface area (Å²) in [5, 5.41) is 7.46. The van der Waals surface area contributed by atoms with Gasteiger partial charge in [-0.3, -0.25) is 9.89 Å². The molecule has 0 spiro atoms. The number of ether oxygens (including phenoxy) is 2. The highest BCUT2D eigenvalue weighted by Gasteiger charge is 2.12. The van der Waals surface area contributed by atoms with E-state index in [4.69, 9.17) is 9.47 Å². The molecule has 1 heterocycles. The highest BCUT2D eigenvalue weighted by Crippen LogP contribution is 2.28. The van der Waals surface area contributed by atoms with Crippen LogP contribution in [-0.4, -0.2) is 40.1 Å². The summed E-state index contributed by atoms with van der Waals surface area (Å²) in [5.41, 5.74) is 0.842. The van der Waals surface area contributed by atoms with Crippen molar-refractivity contribution in [3.63, 3.8) is 0 Å². The van der Waals surface area contributed by atoms with E-state index < -0.39 is 0 Å². The molecule has 1 N–H and O–H groups in total. The fourth-order valence-electron chi connectivity index (χ4n) is 1.70. The summed E-state index contributed by atoms with van der Waals surface area (Å²) in [4.78, 5) is 15.7. The van der Waals surface area contributed by atoms with E-state index in [0.29, 0.717) is 24.2 Å². The monoisotopic (exact) mass is 307 g/mol. The first-order valence-electron chi connectivity index (χ1n) is 6.67. The molecule has 2 rings (SSSR count). The molecule has 6 nitrogen and oxygen atoms in total. The molecular formula is C14H17N3O3S. The Bertz CT molecular complexity index is 601. The third-order valence-electron chi connectivity index (χ3n) is 2.53. The third kappa shape index (κ3) is 4.22. The van der Waals surface area contributed by atoms with Gasteiger partial charge in [-0.05, 0) is 26.0 Å². The smallest absolute Gasteiger partial charge is 0.316 e. The lowest BCUT2D eigenvalue weighted by Gasteiger charge is -2.06. The molecule has 0 bridgehead atoms. The lowest BCUT2D eigenvalue weighted by Crippen LogP contribution is -2.06. The van der Waals surface area contributed by atoms with Crippen molar-refractivity contribution in [2.24, 2.45) is 0 Å². The molecule has 0 aliphatic rings. The summed E-state index contributed by atoms with van der Waals surface area (Å²) >= 11 is 1.23. The number of nitrogens with one attached hydrogen (secondary N) is 1. The molecule has 112 valence electrons. The maximum Gasteiger partial charge on any atom is 0.316 e. The van der Waals surface area contributed by atoms with Crippen LogP contribution in [0.4, 0.5) is 0 Å². The number of carbonyl (C=O) groups excluding carboxylic acids is 1. The SMILES string of the molecule is CCOC(=O)CSc1n[nH]c(-c2ccccc2OCC)n1. The minimum Gasteiger partial charge on any atom is -0.493 e. The number of aromatic amines is 1. The first kappa shape index (κ1) is 15.4. The third-order valence-corrected chi connectivity index (χ3v) is 3.35. The molecule has 0 aliphatic carbocycles. The van der Waals surface area contributed by atoms with Crippen LogP contribution in [0.25, 0.3) is 11.4 Å². The van der Waals surface area contributed by atoms with E-state index >= 15 is 0 Å². The molecule has 0 amide bonds. The van der Waals surface area contributed by atoms with E-state index in [1.807, 2.05) is 31.2 Å². The number of para-hydroxylation sites is 1. The lowest BCUT2D eigenvalue weighted by atomic mass is 10.2. The second kappa shape index (κ2) is 7.68. The van der Waals surface area contributed by atoms with Crippen molar-refractivity contribution in [2.45, 2.75) is 19.0 Å². The number of thioether (sulfide) groups is 1. The minimum atomic E-state index is -0.274. The molecular weight excluding hydrogens is 290 g/mol. The Morgan fingerprint density at radius 1 is 1.29 bits per heavy atom. The van der Waals surface area contributed by atoms with Crippen LogP contribution >= 0.6 is 11.8 Å². The number of hydrogen-bond acceptors (Lipinski definition) is 6. The van der Waals surface area contributed by atoms with Crippen molar-refractivity contribution in [3.8, 4) is 17.1 Å². The molecule has 0 saturated carbocycles. The average molecular weight is 307 g/mol. The van der Waals surface area contributed by atoms with Gasteiger partial charge in [0.05, 0.1) is 24.5 Å². The van der Waals surface area contributed by atoms with E-state index in [-0.39, 0.29) is 11.7 Å². The van der Waals surface area contributed by atoms with Crippen LogP contribution < -0.4 is 4.74 Å². The van der Waals surface area contributed by atoms with Gasteiger partial charge in [-0.25, -0.2) is 4.98 Å². The van der Waals surface area contributed by atoms with Crippen LogP contribution in [0, 0.1) is 0 Å². The number of rotatable bonds is 7. The number of hydrogen-bond donors (Lipinski definition) is 1. The second-order valence-corrected chi connectivity index (χ2v) is 4.93. The average Bonchev–Trinajstić information content (AvgIpc) is 2.95. The molecule has 21 heavy (non-hydrogen) atoms. The fraction of sp³-hybridized carbons (Fsp3) is 0.357. The van der Waals surface area contributed by atoms with E-state index in [1.165, 1.54) is 11.8 Å². The fourth-order valence-corrected chi connectivity index (χ4v) is 2.30. The zero-order chi connectivity index (χ0) is 15.1. The Kier molecular flexibility index (Phi) is 5.62. The van der Waals surface area contributed by atoms with Gasteiger partial charge in [0.1, 0.15) is 5.75 Å². The quantitative estimate of drug-likeness (QED) is 0.625. The zero-order valence-corrected chi connectivity index (χ0v) is 12.8. The van der Waals surface area contributed by atoms with Gasteiger partial charge in [-0.15, -0.1) is 5.10 Å². The van der Waals surface area contributed by atoms with Gasteiger partial charge in [0, 0.05) is 0 Å². The molecule has 1 aromatic carbocycles. The van der Waals surface area contributed by atoms with Crippen LogP contribution in [0.1, 0.15) is 13.8 Å². The van der Waals surface area contributed by atoms with Gasteiger partial charge in [0.15, 0.2) is 5.82 Å². The van der Waals surface area contributed by atoms with Crippen molar-refractivity contribution >= 4 is 17.7 Å². The predicted octanol–water partition coefficient (Wildman–Crippen LogP) is 2.53. The number of esters is 1. The lowest BCUT2D eigenvalue weighted by molar-refractivity contribution is -0.139. The van der Waals surface area contributed by atoms with Crippen LogP contribution in [0.15, 0.2) is 29.4 Å². The standard InChI is InChI=1S/C14H17N3O3S/c1-3-19-11-8-6-5-7-10(11)13-15-14(17-16-13)21-9-12(18)20-4-2/h5-8H,3-4,9H2,1-2H3,(H,15,16,17). The van der Waals surface area contributed by atoms with Crippen LogP contribution in [0.3, 0.4) is 0 Å². The first-order valence-corrected chi connectivity index (χ1v) is 7.66. The normalized spacial score (nSPS) is 10.4. The largest absolute Gasteiger partial charge is 0.493 e. The van der Waals surface area contributed by atoms with Crippen LogP contribution in [-0.2, 0) is 9.53 Å². The van der Waals surface area contributed by atoms with E-state index in [1.54, 1.807) is 6.92 Å². The van der Waals surface area contributed by atoms with Crippen molar-refractivity contribution in [3.05, 3.63) is 24.3 Å². The first-order chi connectivity index (χ1) is 10.2. The van der Waals surface area contributed by atoms with E-state index in [0.717, 1.165) is 11.3 Å². The molecule has 0 fully saturated rings. The Morgan fingerprint density at radius 2 is 2.10 bits per heavy atom. The van der Waals surface area contributed by atoms with Crippen molar-refractivity contribution < 1.29 is 14.3 Å². The van der Waals surface area contributed by atoms with Gasteiger partial charge >= 0.3 is 5.97 Å². The summed E-state index contributed by atoms with van der Waals surface area (Å²) in [7, 11) is 0. The van der Waals surface area contributed by atoms with Crippen molar-refractivity contribution in [2.75, 3.05) is 19.0 Å². The number of nitrogens with zero attached hydrogens (tertiary/aromatic N) is 2. The van der Waals surface area contributed by atoms with E-state index in [2.05, 4.69) is 15.2 Å². The second-order valence-electron chi connectivity index (χ2n) is 3.99. The minimum absolute atomic E-state index is 0.193. The van der Waals surface area contributed by atoms with Gasteiger partial charge < -0.3 is 9.47 Å². The van der Waals surface area contributed by atoms with Crippen molar-refractivity contribution in [1.29, 1.82) is 0 Å². The molecule has 2 aromatic rings. The number of benzene rings is 1. The highest BCUT2D eigenvalue weighted by molar-refractivity contribution is 7.99. The molecule has 0 radical (unpaired) electrons. The molecule has 0 unspecified atom stereocenters. The van der Waals surface area contributed by atoms with Crippen LogP contribution in [0.2, 0.25) is 0 Å². The van der Waals surface area contributed by atoms with Gasteiger partial charge in [-0.1, -0.05) is 23.9 Å². The summed E-state index contributed by atoms with van der Waals surface area (Å²) in [5.74, 6) is 1.28. The Hall–Kier alpha value is -2.02. The summed E-state index contributed by atoms with van der Waals surface area (Å²) in [6.07, 6.45) is 0. The Labute approximate surface area is 127 Å². The molecule has 0 saturated heterocycles.